The first-order valence-corrected chi connectivity index (χ1v) is 11.5. The number of nitro groups is 1. The highest BCUT2D eigenvalue weighted by molar-refractivity contribution is 5.95. The minimum absolute atomic E-state index is 0.0175. The maximum atomic E-state index is 13.0. The van der Waals surface area contributed by atoms with Crippen molar-refractivity contribution >= 4 is 17.3 Å². The number of hydrogen-bond acceptors (Lipinski definition) is 5. The third-order valence-electron chi connectivity index (χ3n) is 7.13. The van der Waals surface area contributed by atoms with E-state index >= 15 is 0 Å². The summed E-state index contributed by atoms with van der Waals surface area (Å²) >= 11 is 0. The molecule has 4 heterocycles. The van der Waals surface area contributed by atoms with Gasteiger partial charge in [-0.05, 0) is 43.4 Å². The number of likely N-dealkylation sites (tertiary alicyclic amines) is 1. The van der Waals surface area contributed by atoms with Crippen LogP contribution in [-0.4, -0.2) is 46.5 Å². The van der Waals surface area contributed by atoms with Crippen LogP contribution in [0.1, 0.15) is 54.1 Å². The van der Waals surface area contributed by atoms with Gasteiger partial charge in [0.2, 0.25) is 0 Å². The zero-order chi connectivity index (χ0) is 22.2. The lowest BCUT2D eigenvalue weighted by atomic mass is 9.83. The average Bonchev–Trinajstić information content (AvgIpc) is 3.08. The second kappa shape index (κ2) is 8.41. The highest BCUT2D eigenvalue weighted by atomic mass is 16.6. The molecule has 1 aromatic heterocycles. The topological polar surface area (TPSA) is 88.7 Å². The van der Waals surface area contributed by atoms with Crippen LogP contribution in [-0.2, 0) is 6.54 Å². The SMILES string of the molecule is O=C(c1ccc(N2CC3CC(C2)c2cccc(=O)n2C3)c([N+](=O)[O-])c1)N1CCCCCC1. The molecular formula is C24H28N4O4. The van der Waals surface area contributed by atoms with Gasteiger partial charge in [-0.2, -0.15) is 0 Å². The summed E-state index contributed by atoms with van der Waals surface area (Å²) in [7, 11) is 0. The van der Waals surface area contributed by atoms with Crippen LogP contribution in [0.2, 0.25) is 0 Å². The van der Waals surface area contributed by atoms with Gasteiger partial charge in [0, 0.05) is 62.0 Å². The van der Waals surface area contributed by atoms with Crippen molar-refractivity contribution in [3.8, 4) is 0 Å². The molecule has 1 amide bonds. The van der Waals surface area contributed by atoms with Gasteiger partial charge in [0.25, 0.3) is 17.2 Å². The molecule has 2 fully saturated rings. The number of nitrogens with zero attached hydrogens (tertiary/aromatic N) is 4. The summed E-state index contributed by atoms with van der Waals surface area (Å²) in [5.41, 5.74) is 1.96. The van der Waals surface area contributed by atoms with Crippen molar-refractivity contribution in [1.29, 1.82) is 0 Å². The van der Waals surface area contributed by atoms with E-state index in [4.69, 9.17) is 0 Å². The lowest BCUT2D eigenvalue weighted by molar-refractivity contribution is -0.384. The minimum Gasteiger partial charge on any atom is -0.365 e. The summed E-state index contributed by atoms with van der Waals surface area (Å²) in [6, 6.07) is 10.3. The number of nitro benzene ring substituents is 1. The largest absolute Gasteiger partial charge is 0.365 e. The lowest BCUT2D eigenvalue weighted by Crippen LogP contribution is -2.47. The smallest absolute Gasteiger partial charge is 0.293 e. The first-order valence-electron chi connectivity index (χ1n) is 11.5. The molecule has 0 spiro atoms. The molecule has 3 aliphatic heterocycles. The van der Waals surface area contributed by atoms with E-state index in [1.54, 1.807) is 24.3 Å². The van der Waals surface area contributed by atoms with Crippen molar-refractivity contribution in [2.75, 3.05) is 31.1 Å². The molecule has 2 bridgehead atoms. The predicted octanol–water partition coefficient (Wildman–Crippen LogP) is 3.40. The number of benzene rings is 1. The number of fused-ring (bicyclic) bond motifs is 4. The number of pyridine rings is 1. The number of rotatable bonds is 3. The molecule has 5 rings (SSSR count). The molecule has 2 atom stereocenters. The molecule has 8 heteroatoms. The first-order chi connectivity index (χ1) is 15.5. The van der Waals surface area contributed by atoms with Gasteiger partial charge in [0.1, 0.15) is 5.69 Å². The third kappa shape index (κ3) is 3.78. The van der Waals surface area contributed by atoms with E-state index in [2.05, 4.69) is 4.90 Å². The van der Waals surface area contributed by atoms with E-state index < -0.39 is 0 Å². The van der Waals surface area contributed by atoms with Crippen LogP contribution in [0.4, 0.5) is 11.4 Å². The van der Waals surface area contributed by atoms with Gasteiger partial charge in [-0.3, -0.25) is 19.7 Å². The fourth-order valence-electron chi connectivity index (χ4n) is 5.62. The number of carbonyl (C=O) groups is 1. The maximum absolute atomic E-state index is 13.0. The van der Waals surface area contributed by atoms with Crippen LogP contribution in [0.15, 0.2) is 41.2 Å². The monoisotopic (exact) mass is 436 g/mol. The van der Waals surface area contributed by atoms with Crippen molar-refractivity contribution < 1.29 is 9.72 Å². The number of hydrogen-bond donors (Lipinski definition) is 0. The maximum Gasteiger partial charge on any atom is 0.293 e. The van der Waals surface area contributed by atoms with Crippen molar-refractivity contribution in [2.24, 2.45) is 5.92 Å². The minimum atomic E-state index is -0.378. The fourth-order valence-corrected chi connectivity index (χ4v) is 5.62. The van der Waals surface area contributed by atoms with Gasteiger partial charge >= 0.3 is 0 Å². The fraction of sp³-hybridized carbons (Fsp3) is 0.500. The molecule has 2 saturated heterocycles. The molecule has 0 radical (unpaired) electrons. The van der Waals surface area contributed by atoms with E-state index in [1.165, 1.54) is 6.07 Å². The number of anilines is 1. The summed E-state index contributed by atoms with van der Waals surface area (Å²) in [5, 5.41) is 12.0. The average molecular weight is 437 g/mol. The van der Waals surface area contributed by atoms with Gasteiger partial charge in [-0.1, -0.05) is 18.9 Å². The molecule has 0 N–H and O–H groups in total. The third-order valence-corrected chi connectivity index (χ3v) is 7.13. The highest BCUT2D eigenvalue weighted by Gasteiger charge is 2.36. The Kier molecular flexibility index (Phi) is 5.45. The number of aromatic nitrogens is 1. The van der Waals surface area contributed by atoms with Crippen LogP contribution in [0, 0.1) is 16.0 Å². The Balaban J connectivity index is 1.43. The Bertz CT molecular complexity index is 1100. The highest BCUT2D eigenvalue weighted by Crippen LogP contribution is 2.40. The van der Waals surface area contributed by atoms with Crippen molar-refractivity contribution in [2.45, 2.75) is 44.6 Å². The zero-order valence-corrected chi connectivity index (χ0v) is 18.1. The Morgan fingerprint density at radius 2 is 1.78 bits per heavy atom. The van der Waals surface area contributed by atoms with E-state index in [0.29, 0.717) is 44.0 Å². The van der Waals surface area contributed by atoms with E-state index in [-0.39, 0.29) is 33.9 Å². The van der Waals surface area contributed by atoms with Crippen molar-refractivity contribution in [3.05, 3.63) is 68.1 Å². The summed E-state index contributed by atoms with van der Waals surface area (Å²) in [5.74, 6) is 0.305. The van der Waals surface area contributed by atoms with E-state index in [1.807, 2.05) is 15.5 Å². The Morgan fingerprint density at radius 3 is 2.53 bits per heavy atom. The number of amides is 1. The summed E-state index contributed by atoms with van der Waals surface area (Å²) in [4.78, 5) is 40.8. The van der Waals surface area contributed by atoms with Crippen LogP contribution < -0.4 is 10.5 Å². The molecular weight excluding hydrogens is 408 g/mol. The summed E-state index contributed by atoms with van der Waals surface area (Å²) in [6.07, 6.45) is 5.18. The normalized spacial score (nSPS) is 22.8. The predicted molar refractivity (Wildman–Crippen MR) is 121 cm³/mol. The van der Waals surface area contributed by atoms with Gasteiger partial charge in [0.05, 0.1) is 4.92 Å². The number of carbonyl (C=O) groups excluding carboxylic acids is 1. The second-order valence-electron chi connectivity index (χ2n) is 9.27. The molecule has 0 saturated carbocycles. The molecule has 0 aliphatic carbocycles. The zero-order valence-electron chi connectivity index (χ0n) is 18.1. The summed E-state index contributed by atoms with van der Waals surface area (Å²) < 4.78 is 1.85. The van der Waals surface area contributed by atoms with Crippen LogP contribution in [0.3, 0.4) is 0 Å². The molecule has 3 aliphatic rings. The molecule has 2 aromatic rings. The van der Waals surface area contributed by atoms with Gasteiger partial charge in [0.15, 0.2) is 0 Å². The Labute approximate surface area is 186 Å². The van der Waals surface area contributed by atoms with Crippen LogP contribution in [0.25, 0.3) is 0 Å². The molecule has 1 aromatic carbocycles. The van der Waals surface area contributed by atoms with Gasteiger partial charge in [-0.25, -0.2) is 0 Å². The molecule has 32 heavy (non-hydrogen) atoms. The number of piperidine rings is 1. The molecule has 8 nitrogen and oxygen atoms in total. The van der Waals surface area contributed by atoms with Gasteiger partial charge in [-0.15, -0.1) is 0 Å². The van der Waals surface area contributed by atoms with Gasteiger partial charge < -0.3 is 14.4 Å². The van der Waals surface area contributed by atoms with Crippen LogP contribution in [0.5, 0.6) is 0 Å². The Morgan fingerprint density at radius 1 is 1.00 bits per heavy atom. The quantitative estimate of drug-likeness (QED) is 0.544. The lowest BCUT2D eigenvalue weighted by Gasteiger charge is -2.43. The Hall–Kier alpha value is -3.16. The van der Waals surface area contributed by atoms with Crippen molar-refractivity contribution in [1.82, 2.24) is 9.47 Å². The molecule has 168 valence electrons. The van der Waals surface area contributed by atoms with E-state index in [9.17, 15) is 19.7 Å². The van der Waals surface area contributed by atoms with Crippen LogP contribution >= 0.6 is 0 Å². The molecule has 2 unspecified atom stereocenters. The first kappa shape index (κ1) is 20.7. The standard InChI is InChI=1S/C24H28N4O4/c29-23-7-5-6-20-19-12-17(15-27(20)23)14-26(16-19)21-9-8-18(13-22(21)28(31)32)24(30)25-10-3-1-2-4-11-25/h5-9,13,17,19H,1-4,10-12,14-16H2. The second-order valence-corrected chi connectivity index (χ2v) is 9.27. The van der Waals surface area contributed by atoms with E-state index in [0.717, 1.165) is 37.8 Å². The summed E-state index contributed by atoms with van der Waals surface area (Å²) in [6.45, 7) is 3.35. The van der Waals surface area contributed by atoms with Crippen molar-refractivity contribution in [3.63, 3.8) is 0 Å².